The zero-order valence-electron chi connectivity index (χ0n) is 6.03. The lowest BCUT2D eigenvalue weighted by Crippen LogP contribution is -1.85. The Balaban J connectivity index is 2.94. The van der Waals surface area contributed by atoms with Crippen LogP contribution >= 0.6 is 0 Å². The highest BCUT2D eigenvalue weighted by molar-refractivity contribution is 5.85. The van der Waals surface area contributed by atoms with Gasteiger partial charge in [0.25, 0.3) is 0 Å². The Kier molecular flexibility index (Phi) is 1.09. The van der Waals surface area contributed by atoms with Crippen molar-refractivity contribution in [1.82, 2.24) is 10.1 Å². The fourth-order valence-corrected chi connectivity index (χ4v) is 0.974. The van der Waals surface area contributed by atoms with E-state index < -0.39 is 0 Å². The number of fused-ring (bicyclic) bond motifs is 1. The van der Waals surface area contributed by atoms with Gasteiger partial charge in [0.1, 0.15) is 11.2 Å². The molecule has 0 fully saturated rings. The molecule has 2 aromatic heterocycles. The predicted octanol–water partition coefficient (Wildman–Crippen LogP) is 1.11. The summed E-state index contributed by atoms with van der Waals surface area (Å²) in [5, 5.41) is 3.74. The van der Waals surface area contributed by atoms with Crippen LogP contribution in [0.15, 0.2) is 16.8 Å². The molecule has 11 heavy (non-hydrogen) atoms. The van der Waals surface area contributed by atoms with Gasteiger partial charge in [-0.1, -0.05) is 5.16 Å². The lowest BCUT2D eigenvalue weighted by molar-refractivity contribution is 0.451. The highest BCUT2D eigenvalue weighted by Crippen LogP contribution is 2.20. The van der Waals surface area contributed by atoms with Gasteiger partial charge in [-0.3, -0.25) is 4.98 Å². The number of nitrogens with two attached hydrogens (primary N) is 1. The molecule has 0 aliphatic heterocycles. The summed E-state index contributed by atoms with van der Waals surface area (Å²) in [4.78, 5) is 4.07. The third-order valence-corrected chi connectivity index (χ3v) is 1.55. The van der Waals surface area contributed by atoms with E-state index in [2.05, 4.69) is 10.1 Å². The van der Waals surface area contributed by atoms with E-state index in [1.54, 1.807) is 12.3 Å². The Hall–Kier alpha value is -1.58. The largest absolute Gasteiger partial charge is 0.396 e. The number of aromatic nitrogens is 2. The van der Waals surface area contributed by atoms with Crippen molar-refractivity contribution in [3.8, 4) is 0 Å². The summed E-state index contributed by atoms with van der Waals surface area (Å²) in [6.07, 6.45) is 1.64. The molecular formula is C7H7N3O. The molecule has 0 radical (unpaired) electrons. The summed E-state index contributed by atoms with van der Waals surface area (Å²) >= 11 is 0. The van der Waals surface area contributed by atoms with Gasteiger partial charge in [-0.05, 0) is 13.0 Å². The van der Waals surface area contributed by atoms with Gasteiger partial charge < -0.3 is 10.3 Å². The molecule has 0 unspecified atom stereocenters. The van der Waals surface area contributed by atoms with Crippen LogP contribution in [0.25, 0.3) is 11.1 Å². The van der Waals surface area contributed by atoms with Crippen molar-refractivity contribution in [3.63, 3.8) is 0 Å². The van der Waals surface area contributed by atoms with Crippen LogP contribution in [0.2, 0.25) is 0 Å². The second kappa shape index (κ2) is 1.95. The van der Waals surface area contributed by atoms with Crippen LogP contribution in [-0.4, -0.2) is 10.1 Å². The molecule has 2 N–H and O–H groups in total. The Bertz CT molecular complexity index is 393. The van der Waals surface area contributed by atoms with Crippen molar-refractivity contribution in [2.24, 2.45) is 0 Å². The van der Waals surface area contributed by atoms with Gasteiger partial charge in [-0.25, -0.2) is 0 Å². The van der Waals surface area contributed by atoms with E-state index in [1.165, 1.54) is 0 Å². The van der Waals surface area contributed by atoms with Gasteiger partial charge in [0.15, 0.2) is 0 Å². The van der Waals surface area contributed by atoms with Gasteiger partial charge in [-0.2, -0.15) is 0 Å². The summed E-state index contributed by atoms with van der Waals surface area (Å²) in [6.45, 7) is 1.83. The molecule has 4 nitrogen and oxygen atoms in total. The minimum Gasteiger partial charge on any atom is -0.396 e. The summed E-state index contributed by atoms with van der Waals surface area (Å²) in [5.74, 6) is 0. The first-order chi connectivity index (χ1) is 5.29. The molecule has 0 aromatic carbocycles. The highest BCUT2D eigenvalue weighted by Gasteiger charge is 2.06. The number of pyridine rings is 1. The summed E-state index contributed by atoms with van der Waals surface area (Å²) < 4.78 is 4.94. The standard InChI is InChI=1S/C7H7N3O/c1-4-6-7(11-10-4)5(8)2-3-9-6/h2-3H,1H3,(H2,8,9). The third kappa shape index (κ3) is 0.756. The normalized spacial score (nSPS) is 10.6. The molecule has 2 aromatic rings. The fourth-order valence-electron chi connectivity index (χ4n) is 0.974. The van der Waals surface area contributed by atoms with Crippen molar-refractivity contribution in [2.75, 3.05) is 5.73 Å². The van der Waals surface area contributed by atoms with Gasteiger partial charge >= 0.3 is 0 Å². The third-order valence-electron chi connectivity index (χ3n) is 1.55. The molecule has 0 saturated heterocycles. The van der Waals surface area contributed by atoms with E-state index in [4.69, 9.17) is 10.3 Å². The maximum Gasteiger partial charge on any atom is 0.208 e. The van der Waals surface area contributed by atoms with Gasteiger partial charge in [-0.15, -0.1) is 0 Å². The number of hydrogen-bond donors (Lipinski definition) is 1. The SMILES string of the molecule is Cc1noc2c(N)ccnc12. The summed E-state index contributed by atoms with van der Waals surface area (Å²) in [7, 11) is 0. The number of aryl methyl sites for hydroxylation is 1. The monoisotopic (exact) mass is 149 g/mol. The number of nitrogens with zero attached hydrogens (tertiary/aromatic N) is 2. The van der Waals surface area contributed by atoms with Crippen molar-refractivity contribution < 1.29 is 4.52 Å². The van der Waals surface area contributed by atoms with E-state index in [9.17, 15) is 0 Å². The lowest BCUT2D eigenvalue weighted by atomic mass is 10.3. The molecule has 0 amide bonds. The number of hydrogen-bond acceptors (Lipinski definition) is 4. The van der Waals surface area contributed by atoms with Crippen molar-refractivity contribution in [2.45, 2.75) is 6.92 Å². The second-order valence-corrected chi connectivity index (χ2v) is 2.35. The minimum atomic E-state index is 0.574. The average molecular weight is 149 g/mol. The van der Waals surface area contributed by atoms with Crippen LogP contribution in [0.4, 0.5) is 5.69 Å². The Morgan fingerprint density at radius 2 is 2.36 bits per heavy atom. The van der Waals surface area contributed by atoms with E-state index in [0.717, 1.165) is 11.2 Å². The van der Waals surface area contributed by atoms with Crippen LogP contribution in [-0.2, 0) is 0 Å². The van der Waals surface area contributed by atoms with E-state index in [-0.39, 0.29) is 0 Å². The number of anilines is 1. The lowest BCUT2D eigenvalue weighted by Gasteiger charge is -1.89. The van der Waals surface area contributed by atoms with Crippen LogP contribution in [0.5, 0.6) is 0 Å². The van der Waals surface area contributed by atoms with Crippen LogP contribution < -0.4 is 5.73 Å². The van der Waals surface area contributed by atoms with Gasteiger partial charge in [0.2, 0.25) is 5.58 Å². The van der Waals surface area contributed by atoms with Crippen LogP contribution in [0, 0.1) is 6.92 Å². The van der Waals surface area contributed by atoms with Crippen molar-refractivity contribution in [3.05, 3.63) is 18.0 Å². The molecule has 0 spiro atoms. The smallest absolute Gasteiger partial charge is 0.208 e. The van der Waals surface area contributed by atoms with Gasteiger partial charge in [0.05, 0.1) is 5.69 Å². The van der Waals surface area contributed by atoms with Crippen molar-refractivity contribution in [1.29, 1.82) is 0 Å². The first-order valence-corrected chi connectivity index (χ1v) is 3.25. The maximum absolute atomic E-state index is 5.60. The molecule has 0 aliphatic rings. The second-order valence-electron chi connectivity index (χ2n) is 2.35. The topological polar surface area (TPSA) is 64.9 Å². The Labute approximate surface area is 63.0 Å². The fraction of sp³-hybridized carbons (Fsp3) is 0.143. The minimum absolute atomic E-state index is 0.574. The van der Waals surface area contributed by atoms with E-state index in [1.807, 2.05) is 6.92 Å². The summed E-state index contributed by atoms with van der Waals surface area (Å²) in [6, 6.07) is 1.69. The average Bonchev–Trinajstić information content (AvgIpc) is 2.35. The molecule has 56 valence electrons. The number of rotatable bonds is 0. The first kappa shape index (κ1) is 6.15. The molecule has 0 saturated carbocycles. The molecule has 0 atom stereocenters. The quantitative estimate of drug-likeness (QED) is 0.609. The molecule has 0 bridgehead atoms. The molecule has 2 rings (SSSR count). The predicted molar refractivity (Wildman–Crippen MR) is 41.0 cm³/mol. The molecule has 2 heterocycles. The van der Waals surface area contributed by atoms with Crippen molar-refractivity contribution >= 4 is 16.8 Å². The Morgan fingerprint density at radius 1 is 1.55 bits per heavy atom. The van der Waals surface area contributed by atoms with Crippen LogP contribution in [0.3, 0.4) is 0 Å². The molecular weight excluding hydrogens is 142 g/mol. The zero-order valence-corrected chi connectivity index (χ0v) is 6.03. The Morgan fingerprint density at radius 3 is 3.09 bits per heavy atom. The number of nitrogen functional groups attached to an aromatic ring is 1. The zero-order chi connectivity index (χ0) is 7.84. The molecule has 0 aliphatic carbocycles. The van der Waals surface area contributed by atoms with E-state index >= 15 is 0 Å². The van der Waals surface area contributed by atoms with Gasteiger partial charge in [0, 0.05) is 6.20 Å². The molecule has 4 heteroatoms. The van der Waals surface area contributed by atoms with E-state index in [0.29, 0.717) is 11.3 Å². The first-order valence-electron chi connectivity index (χ1n) is 3.25. The summed E-state index contributed by atoms with van der Waals surface area (Å²) in [5.41, 5.74) is 8.26. The highest BCUT2D eigenvalue weighted by atomic mass is 16.5. The van der Waals surface area contributed by atoms with Crippen LogP contribution in [0.1, 0.15) is 5.69 Å². The maximum atomic E-state index is 5.60.